The van der Waals surface area contributed by atoms with Gasteiger partial charge in [0.15, 0.2) is 21.3 Å². The molecule has 158 valence electrons. The van der Waals surface area contributed by atoms with Crippen molar-refractivity contribution in [2.24, 2.45) is 0 Å². The van der Waals surface area contributed by atoms with Crippen molar-refractivity contribution >= 4 is 15.8 Å². The maximum atomic E-state index is 12.2. The monoisotopic (exact) mass is 422 g/mol. The molecule has 0 saturated carbocycles. The van der Waals surface area contributed by atoms with E-state index in [1.54, 1.807) is 42.5 Å². The second-order valence-corrected chi connectivity index (χ2v) is 8.35. The molecule has 2 rings (SSSR count). The molecule has 0 heterocycles. The molecule has 0 fully saturated rings. The van der Waals surface area contributed by atoms with Crippen molar-refractivity contribution in [3.05, 3.63) is 48.0 Å². The van der Waals surface area contributed by atoms with Crippen LogP contribution in [0.4, 0.5) is 0 Å². The van der Waals surface area contributed by atoms with Crippen molar-refractivity contribution in [1.29, 1.82) is 0 Å². The van der Waals surface area contributed by atoms with Gasteiger partial charge in [0.25, 0.3) is 0 Å². The van der Waals surface area contributed by atoms with Gasteiger partial charge in [-0.15, -0.1) is 0 Å². The van der Waals surface area contributed by atoms with Crippen molar-refractivity contribution in [3.8, 4) is 17.2 Å². The highest BCUT2D eigenvalue weighted by molar-refractivity contribution is 7.91. The van der Waals surface area contributed by atoms with E-state index in [1.807, 2.05) is 0 Å². The number of sulfone groups is 1. The summed E-state index contributed by atoms with van der Waals surface area (Å²) in [6.45, 7) is 0.0557. The molecule has 0 amide bonds. The fraction of sp³-hybridized carbons (Fsp3) is 0.381. The van der Waals surface area contributed by atoms with Crippen molar-refractivity contribution in [3.63, 3.8) is 0 Å². The Morgan fingerprint density at radius 3 is 2.10 bits per heavy atom. The zero-order valence-corrected chi connectivity index (χ0v) is 17.7. The number of carbonyl (C=O) groups excluding carboxylic acids is 1. The average molecular weight is 422 g/mol. The summed E-state index contributed by atoms with van der Waals surface area (Å²) in [6.07, 6.45) is 0.828. The molecule has 0 saturated heterocycles. The molecule has 0 aliphatic heterocycles. The lowest BCUT2D eigenvalue weighted by atomic mass is 10.1. The number of benzene rings is 2. The van der Waals surface area contributed by atoms with E-state index in [4.69, 9.17) is 18.9 Å². The molecular formula is C21H26O7S. The Morgan fingerprint density at radius 2 is 1.55 bits per heavy atom. The van der Waals surface area contributed by atoms with Gasteiger partial charge in [-0.25, -0.2) is 8.42 Å². The molecule has 0 atom stereocenters. The molecule has 2 aromatic rings. The number of esters is 1. The fourth-order valence-electron chi connectivity index (χ4n) is 2.78. The summed E-state index contributed by atoms with van der Waals surface area (Å²) in [5.74, 6) is 1.05. The molecule has 8 heteroatoms. The average Bonchev–Trinajstić information content (AvgIpc) is 2.75. The number of methoxy groups -OCH3 is 3. The van der Waals surface area contributed by atoms with Crippen LogP contribution in [0.15, 0.2) is 47.4 Å². The number of aryl methyl sites for hydroxylation is 1. The highest BCUT2D eigenvalue weighted by Gasteiger charge is 2.15. The summed E-state index contributed by atoms with van der Waals surface area (Å²) in [7, 11) is 1.21. The maximum absolute atomic E-state index is 12.2. The minimum absolute atomic E-state index is 0.0557. The van der Waals surface area contributed by atoms with Crippen molar-refractivity contribution < 1.29 is 32.2 Å². The lowest BCUT2D eigenvalue weighted by molar-refractivity contribution is -0.143. The van der Waals surface area contributed by atoms with E-state index >= 15 is 0 Å². The predicted molar refractivity (Wildman–Crippen MR) is 108 cm³/mol. The van der Waals surface area contributed by atoms with Crippen LogP contribution in [-0.2, 0) is 25.8 Å². The number of ether oxygens (including phenoxy) is 4. The minimum atomic E-state index is -3.37. The summed E-state index contributed by atoms with van der Waals surface area (Å²) in [5, 5.41) is 0. The van der Waals surface area contributed by atoms with Crippen molar-refractivity contribution in [1.82, 2.24) is 0 Å². The van der Waals surface area contributed by atoms with E-state index in [2.05, 4.69) is 0 Å². The molecule has 2 aromatic carbocycles. The summed E-state index contributed by atoms with van der Waals surface area (Å²) in [5.41, 5.74) is 0.836. The standard InChI is InChI=1S/C21H26O7S/c1-25-18-14-16(15-19(26-2)21(18)27-3)10-11-20(22)28-12-7-13-29(23,24)17-8-5-4-6-9-17/h4-6,8-9,14-15H,7,10-13H2,1-3H3. The molecule has 29 heavy (non-hydrogen) atoms. The van der Waals surface area contributed by atoms with Gasteiger partial charge in [-0.05, 0) is 42.7 Å². The van der Waals surface area contributed by atoms with Gasteiger partial charge < -0.3 is 18.9 Å². The van der Waals surface area contributed by atoms with E-state index in [0.717, 1.165) is 5.56 Å². The Balaban J connectivity index is 1.82. The van der Waals surface area contributed by atoms with E-state index in [9.17, 15) is 13.2 Å². The third-order valence-electron chi connectivity index (χ3n) is 4.27. The van der Waals surface area contributed by atoms with E-state index in [-0.39, 0.29) is 30.1 Å². The van der Waals surface area contributed by atoms with Gasteiger partial charge >= 0.3 is 5.97 Å². The van der Waals surface area contributed by atoms with Crippen LogP contribution in [0.2, 0.25) is 0 Å². The van der Waals surface area contributed by atoms with Gasteiger partial charge in [-0.2, -0.15) is 0 Å². The smallest absolute Gasteiger partial charge is 0.306 e. The van der Waals surface area contributed by atoms with Crippen molar-refractivity contribution in [2.75, 3.05) is 33.7 Å². The van der Waals surface area contributed by atoms with Crippen LogP contribution in [0, 0.1) is 0 Å². The van der Waals surface area contributed by atoms with Crippen LogP contribution in [0.5, 0.6) is 17.2 Å². The third-order valence-corrected chi connectivity index (χ3v) is 6.08. The SMILES string of the molecule is COc1cc(CCC(=O)OCCCS(=O)(=O)c2ccccc2)cc(OC)c1OC. The van der Waals surface area contributed by atoms with Crippen LogP contribution < -0.4 is 14.2 Å². The van der Waals surface area contributed by atoms with Gasteiger partial charge in [0, 0.05) is 6.42 Å². The first kappa shape index (κ1) is 22.5. The number of hydrogen-bond acceptors (Lipinski definition) is 7. The number of rotatable bonds is 11. The molecule has 0 aliphatic carbocycles. The van der Waals surface area contributed by atoms with Crippen LogP contribution in [-0.4, -0.2) is 48.1 Å². The molecule has 0 radical (unpaired) electrons. The fourth-order valence-corrected chi connectivity index (χ4v) is 4.08. The zero-order valence-electron chi connectivity index (χ0n) is 16.8. The molecular weight excluding hydrogens is 396 g/mol. The van der Waals surface area contributed by atoms with Crippen LogP contribution in [0.3, 0.4) is 0 Å². The summed E-state index contributed by atoms with van der Waals surface area (Å²) >= 11 is 0. The zero-order chi connectivity index (χ0) is 21.3. The van der Waals surface area contributed by atoms with Gasteiger partial charge in [0.2, 0.25) is 5.75 Å². The first-order valence-corrected chi connectivity index (χ1v) is 10.8. The second kappa shape index (κ2) is 10.7. The van der Waals surface area contributed by atoms with Gasteiger partial charge in [0.05, 0.1) is 38.6 Å². The van der Waals surface area contributed by atoms with E-state index in [0.29, 0.717) is 23.7 Å². The minimum Gasteiger partial charge on any atom is -0.493 e. The molecule has 7 nitrogen and oxygen atoms in total. The Bertz CT molecular complexity index is 883. The highest BCUT2D eigenvalue weighted by Crippen LogP contribution is 2.38. The van der Waals surface area contributed by atoms with Crippen molar-refractivity contribution in [2.45, 2.75) is 24.2 Å². The molecule has 0 unspecified atom stereocenters. The topological polar surface area (TPSA) is 88.1 Å². The molecule has 0 spiro atoms. The van der Waals surface area contributed by atoms with E-state index < -0.39 is 15.8 Å². The lowest BCUT2D eigenvalue weighted by Crippen LogP contribution is -2.12. The summed E-state index contributed by atoms with van der Waals surface area (Å²) < 4.78 is 45.4. The summed E-state index contributed by atoms with van der Waals surface area (Å²) in [6, 6.07) is 11.8. The number of hydrogen-bond donors (Lipinski definition) is 0. The first-order valence-electron chi connectivity index (χ1n) is 9.13. The number of carbonyl (C=O) groups is 1. The highest BCUT2D eigenvalue weighted by atomic mass is 32.2. The third kappa shape index (κ3) is 6.39. The molecule has 0 N–H and O–H groups in total. The quantitative estimate of drug-likeness (QED) is 0.406. The normalized spacial score (nSPS) is 11.0. The second-order valence-electron chi connectivity index (χ2n) is 6.24. The van der Waals surface area contributed by atoms with Crippen LogP contribution >= 0.6 is 0 Å². The Kier molecular flexibility index (Phi) is 8.33. The van der Waals surface area contributed by atoms with E-state index in [1.165, 1.54) is 21.3 Å². The Labute approximate surface area is 171 Å². The van der Waals surface area contributed by atoms with Crippen LogP contribution in [0.1, 0.15) is 18.4 Å². The molecule has 0 aromatic heterocycles. The largest absolute Gasteiger partial charge is 0.493 e. The van der Waals surface area contributed by atoms with Gasteiger partial charge in [-0.1, -0.05) is 18.2 Å². The van der Waals surface area contributed by atoms with Gasteiger partial charge in [0.1, 0.15) is 0 Å². The Morgan fingerprint density at radius 1 is 0.931 bits per heavy atom. The Hall–Kier alpha value is -2.74. The maximum Gasteiger partial charge on any atom is 0.306 e. The molecule has 0 aliphatic rings. The van der Waals surface area contributed by atoms with Gasteiger partial charge in [-0.3, -0.25) is 4.79 Å². The lowest BCUT2D eigenvalue weighted by Gasteiger charge is -2.14. The van der Waals surface area contributed by atoms with Crippen LogP contribution in [0.25, 0.3) is 0 Å². The molecule has 0 bridgehead atoms. The summed E-state index contributed by atoms with van der Waals surface area (Å²) in [4.78, 5) is 12.3. The predicted octanol–water partition coefficient (Wildman–Crippen LogP) is 3.05. The first-order chi connectivity index (χ1) is 13.9.